The monoisotopic (exact) mass is 366 g/mol. The Hall–Kier alpha value is -2.10. The SMILES string of the molecule is Cc1ccc(C2=C(N3CCCCC3)C(=O)N(C3CCCCC3)C2=O)c(C)c1. The lowest BCUT2D eigenvalue weighted by molar-refractivity contribution is -0.141. The van der Waals surface area contributed by atoms with Crippen LogP contribution >= 0.6 is 0 Å². The van der Waals surface area contributed by atoms with E-state index in [0.717, 1.165) is 62.7 Å². The van der Waals surface area contributed by atoms with Gasteiger partial charge < -0.3 is 4.90 Å². The van der Waals surface area contributed by atoms with Crippen LogP contribution in [0.2, 0.25) is 0 Å². The first-order valence-corrected chi connectivity index (χ1v) is 10.5. The summed E-state index contributed by atoms with van der Waals surface area (Å²) in [5, 5.41) is 0. The lowest BCUT2D eigenvalue weighted by Crippen LogP contribution is -2.44. The molecule has 0 radical (unpaired) electrons. The van der Waals surface area contributed by atoms with Gasteiger partial charge in [-0.1, -0.05) is 43.0 Å². The molecular formula is C23H30N2O2. The summed E-state index contributed by atoms with van der Waals surface area (Å²) >= 11 is 0. The van der Waals surface area contributed by atoms with Crippen LogP contribution in [-0.2, 0) is 9.59 Å². The van der Waals surface area contributed by atoms with Gasteiger partial charge in [-0.05, 0) is 57.1 Å². The molecule has 0 bridgehead atoms. The molecule has 1 saturated carbocycles. The van der Waals surface area contributed by atoms with E-state index >= 15 is 0 Å². The van der Waals surface area contributed by atoms with Crippen LogP contribution in [0.15, 0.2) is 23.9 Å². The summed E-state index contributed by atoms with van der Waals surface area (Å²) in [5.74, 6) is -0.122. The minimum Gasteiger partial charge on any atom is -0.366 e. The maximum Gasteiger partial charge on any atom is 0.278 e. The Bertz CT molecular complexity index is 784. The smallest absolute Gasteiger partial charge is 0.278 e. The van der Waals surface area contributed by atoms with Gasteiger partial charge in [0.25, 0.3) is 11.8 Å². The minimum atomic E-state index is -0.0700. The summed E-state index contributed by atoms with van der Waals surface area (Å²) < 4.78 is 0. The van der Waals surface area contributed by atoms with Gasteiger partial charge in [-0.25, -0.2) is 0 Å². The highest BCUT2D eigenvalue weighted by molar-refractivity contribution is 6.36. The van der Waals surface area contributed by atoms with E-state index in [4.69, 9.17) is 0 Å². The fraction of sp³-hybridized carbons (Fsp3) is 0.565. The summed E-state index contributed by atoms with van der Waals surface area (Å²) in [6.45, 7) is 5.86. The summed E-state index contributed by atoms with van der Waals surface area (Å²) in [6, 6.07) is 6.25. The van der Waals surface area contributed by atoms with Crippen molar-refractivity contribution in [3.63, 3.8) is 0 Å². The predicted molar refractivity (Wildman–Crippen MR) is 107 cm³/mol. The standard InChI is InChI=1S/C23H30N2O2/c1-16-11-12-19(17(2)15-16)20-21(24-13-7-4-8-14-24)23(27)25(22(20)26)18-9-5-3-6-10-18/h11-12,15,18H,3-10,13-14H2,1-2H3. The van der Waals surface area contributed by atoms with Crippen LogP contribution in [0.3, 0.4) is 0 Å². The fourth-order valence-corrected chi connectivity index (χ4v) is 4.95. The molecular weight excluding hydrogens is 336 g/mol. The molecule has 0 unspecified atom stereocenters. The fourth-order valence-electron chi connectivity index (χ4n) is 4.95. The van der Waals surface area contributed by atoms with Crippen molar-refractivity contribution in [1.29, 1.82) is 0 Å². The maximum absolute atomic E-state index is 13.5. The van der Waals surface area contributed by atoms with Crippen molar-refractivity contribution < 1.29 is 9.59 Å². The second kappa shape index (κ2) is 7.49. The number of benzene rings is 1. The first-order valence-electron chi connectivity index (χ1n) is 10.5. The Kier molecular flexibility index (Phi) is 5.07. The second-order valence-electron chi connectivity index (χ2n) is 8.36. The maximum atomic E-state index is 13.5. The van der Waals surface area contributed by atoms with Gasteiger partial charge in [-0.3, -0.25) is 14.5 Å². The largest absolute Gasteiger partial charge is 0.366 e. The first-order chi connectivity index (χ1) is 13.1. The third-order valence-corrected chi connectivity index (χ3v) is 6.35. The Morgan fingerprint density at radius 3 is 2.19 bits per heavy atom. The Morgan fingerprint density at radius 2 is 1.52 bits per heavy atom. The number of carbonyl (C=O) groups excluding carboxylic acids is 2. The third-order valence-electron chi connectivity index (χ3n) is 6.35. The first kappa shape index (κ1) is 18.3. The number of nitrogens with zero attached hydrogens (tertiary/aromatic N) is 2. The van der Waals surface area contributed by atoms with E-state index in [1.54, 1.807) is 4.90 Å². The van der Waals surface area contributed by atoms with E-state index in [1.165, 1.54) is 18.4 Å². The average molecular weight is 367 g/mol. The highest BCUT2D eigenvalue weighted by Crippen LogP contribution is 2.38. The van der Waals surface area contributed by atoms with E-state index in [2.05, 4.69) is 17.9 Å². The van der Waals surface area contributed by atoms with Gasteiger partial charge >= 0.3 is 0 Å². The van der Waals surface area contributed by atoms with Gasteiger partial charge in [0.2, 0.25) is 0 Å². The van der Waals surface area contributed by atoms with Crippen LogP contribution in [0.25, 0.3) is 5.57 Å². The van der Waals surface area contributed by atoms with Crippen molar-refractivity contribution in [2.75, 3.05) is 13.1 Å². The molecule has 2 heterocycles. The van der Waals surface area contributed by atoms with Crippen LogP contribution in [0.4, 0.5) is 0 Å². The van der Waals surface area contributed by atoms with E-state index in [9.17, 15) is 9.59 Å². The molecule has 27 heavy (non-hydrogen) atoms. The molecule has 3 aliphatic rings. The van der Waals surface area contributed by atoms with Gasteiger partial charge in [-0.15, -0.1) is 0 Å². The van der Waals surface area contributed by atoms with Crippen molar-refractivity contribution in [1.82, 2.24) is 9.80 Å². The molecule has 2 amide bonds. The molecule has 1 aliphatic carbocycles. The molecule has 4 nitrogen and oxygen atoms in total. The highest BCUT2D eigenvalue weighted by Gasteiger charge is 2.45. The second-order valence-corrected chi connectivity index (χ2v) is 8.36. The number of hydrogen-bond acceptors (Lipinski definition) is 3. The molecule has 2 aliphatic heterocycles. The van der Waals surface area contributed by atoms with Gasteiger partial charge in [0.05, 0.1) is 5.57 Å². The molecule has 1 aromatic carbocycles. The number of likely N-dealkylation sites (tertiary alicyclic amines) is 1. The zero-order chi connectivity index (χ0) is 19.0. The summed E-state index contributed by atoms with van der Waals surface area (Å²) in [5.41, 5.74) is 4.49. The van der Waals surface area contributed by atoms with Crippen LogP contribution in [0.5, 0.6) is 0 Å². The lowest BCUT2D eigenvalue weighted by Gasteiger charge is -2.32. The van der Waals surface area contributed by atoms with Crippen molar-refractivity contribution in [2.24, 2.45) is 0 Å². The molecule has 0 atom stereocenters. The van der Waals surface area contributed by atoms with Crippen LogP contribution in [-0.4, -0.2) is 40.7 Å². The molecule has 0 aromatic heterocycles. The third kappa shape index (κ3) is 3.30. The van der Waals surface area contributed by atoms with Crippen molar-refractivity contribution in [3.05, 3.63) is 40.6 Å². The van der Waals surface area contributed by atoms with Gasteiger partial charge in [0.1, 0.15) is 5.70 Å². The normalized spacial score (nSPS) is 22.1. The van der Waals surface area contributed by atoms with Crippen molar-refractivity contribution in [2.45, 2.75) is 71.3 Å². The van der Waals surface area contributed by atoms with Crippen LogP contribution in [0, 0.1) is 13.8 Å². The van der Waals surface area contributed by atoms with Gasteiger partial charge in [0, 0.05) is 19.1 Å². The van der Waals surface area contributed by atoms with Crippen LogP contribution < -0.4 is 0 Å². The van der Waals surface area contributed by atoms with Crippen LogP contribution in [0.1, 0.15) is 68.1 Å². The summed E-state index contributed by atoms with van der Waals surface area (Å²) in [6.07, 6.45) is 8.72. The number of aryl methyl sites for hydroxylation is 2. The van der Waals surface area contributed by atoms with Gasteiger partial charge in [-0.2, -0.15) is 0 Å². The summed E-state index contributed by atoms with van der Waals surface area (Å²) in [7, 11) is 0. The lowest BCUT2D eigenvalue weighted by atomic mass is 9.94. The quantitative estimate of drug-likeness (QED) is 0.753. The zero-order valence-corrected chi connectivity index (χ0v) is 16.6. The van der Waals surface area contributed by atoms with E-state index in [1.807, 2.05) is 19.1 Å². The van der Waals surface area contributed by atoms with E-state index in [-0.39, 0.29) is 17.9 Å². The molecule has 0 spiro atoms. The summed E-state index contributed by atoms with van der Waals surface area (Å²) in [4.78, 5) is 30.8. The number of carbonyl (C=O) groups is 2. The number of hydrogen-bond donors (Lipinski definition) is 0. The number of imide groups is 1. The van der Waals surface area contributed by atoms with Crippen molar-refractivity contribution >= 4 is 17.4 Å². The van der Waals surface area contributed by atoms with Gasteiger partial charge in [0.15, 0.2) is 0 Å². The molecule has 1 saturated heterocycles. The Labute approximate surface area is 162 Å². The molecule has 144 valence electrons. The number of amides is 2. The molecule has 4 heteroatoms. The van der Waals surface area contributed by atoms with E-state index < -0.39 is 0 Å². The zero-order valence-electron chi connectivity index (χ0n) is 16.6. The predicted octanol–water partition coefficient (Wildman–Crippen LogP) is 4.20. The van der Waals surface area contributed by atoms with Crippen molar-refractivity contribution in [3.8, 4) is 0 Å². The molecule has 2 fully saturated rings. The Balaban J connectivity index is 1.79. The molecule has 4 rings (SSSR count). The minimum absolute atomic E-state index is 0.0521. The number of rotatable bonds is 3. The number of piperidine rings is 1. The Morgan fingerprint density at radius 1 is 0.852 bits per heavy atom. The molecule has 1 aromatic rings. The highest BCUT2D eigenvalue weighted by atomic mass is 16.2. The topological polar surface area (TPSA) is 40.6 Å². The average Bonchev–Trinajstić information content (AvgIpc) is 2.93. The van der Waals surface area contributed by atoms with E-state index in [0.29, 0.717) is 11.3 Å². The molecule has 0 N–H and O–H groups in total.